The number of amides is 1. The Morgan fingerprint density at radius 1 is 0.971 bits per heavy atom. The Labute approximate surface area is 215 Å². The highest BCUT2D eigenvalue weighted by molar-refractivity contribution is 7.93. The number of benzene rings is 3. The SMILES string of the molecule is COc1ccc(N(CC(=O)NC(C)c2ccc(Cl)cc2)S(=O)(=O)c2cc(C)ccc2OC)cc1Cl. The largest absolute Gasteiger partial charge is 0.495 e. The summed E-state index contributed by atoms with van der Waals surface area (Å²) in [6.45, 7) is 3.08. The molecule has 0 bridgehead atoms. The predicted molar refractivity (Wildman–Crippen MR) is 138 cm³/mol. The number of aryl methyl sites for hydroxylation is 1. The number of nitrogens with zero attached hydrogens (tertiary/aromatic N) is 1. The van der Waals surface area contributed by atoms with Crippen molar-refractivity contribution in [1.82, 2.24) is 5.32 Å². The summed E-state index contributed by atoms with van der Waals surface area (Å²) in [5, 5.41) is 3.62. The standard InChI is InChI=1S/C25H26Cl2N2O5S/c1-16-5-11-23(34-4)24(13-16)35(31,32)29(20-10-12-22(33-3)21(27)14-20)15-25(30)28-17(2)18-6-8-19(26)9-7-18/h5-14,17H,15H2,1-4H3,(H,28,30). The van der Waals surface area contributed by atoms with Crippen LogP contribution >= 0.6 is 23.2 Å². The van der Waals surface area contributed by atoms with Gasteiger partial charge in [0.15, 0.2) is 0 Å². The van der Waals surface area contributed by atoms with Crippen molar-refractivity contribution in [2.24, 2.45) is 0 Å². The number of rotatable bonds is 9. The number of carbonyl (C=O) groups is 1. The number of ether oxygens (including phenoxy) is 2. The van der Waals surface area contributed by atoms with Crippen LogP contribution in [0.5, 0.6) is 11.5 Å². The van der Waals surface area contributed by atoms with Crippen LogP contribution in [0.4, 0.5) is 5.69 Å². The van der Waals surface area contributed by atoms with Gasteiger partial charge in [0.1, 0.15) is 22.9 Å². The van der Waals surface area contributed by atoms with Crippen molar-refractivity contribution in [3.63, 3.8) is 0 Å². The van der Waals surface area contributed by atoms with Crippen molar-refractivity contribution in [2.45, 2.75) is 24.8 Å². The molecule has 0 saturated carbocycles. The summed E-state index contributed by atoms with van der Waals surface area (Å²) in [6.07, 6.45) is 0. The minimum absolute atomic E-state index is 0.0644. The van der Waals surface area contributed by atoms with E-state index in [2.05, 4.69) is 5.32 Å². The van der Waals surface area contributed by atoms with Crippen LogP contribution in [0.1, 0.15) is 24.1 Å². The Morgan fingerprint density at radius 3 is 2.20 bits per heavy atom. The zero-order chi connectivity index (χ0) is 25.8. The lowest BCUT2D eigenvalue weighted by atomic mass is 10.1. The molecule has 35 heavy (non-hydrogen) atoms. The second kappa shape index (κ2) is 11.2. The highest BCUT2D eigenvalue weighted by Gasteiger charge is 2.31. The quantitative estimate of drug-likeness (QED) is 0.396. The molecule has 186 valence electrons. The molecule has 1 atom stereocenters. The van der Waals surface area contributed by atoms with Gasteiger partial charge in [-0.15, -0.1) is 0 Å². The summed E-state index contributed by atoms with van der Waals surface area (Å²) >= 11 is 12.2. The molecular formula is C25H26Cl2N2O5S. The fourth-order valence-corrected chi connectivity index (χ4v) is 5.52. The normalized spacial score (nSPS) is 12.1. The molecule has 0 saturated heterocycles. The van der Waals surface area contributed by atoms with Crippen molar-refractivity contribution in [3.05, 3.63) is 81.8 Å². The van der Waals surface area contributed by atoms with Crippen molar-refractivity contribution < 1.29 is 22.7 Å². The topological polar surface area (TPSA) is 84.9 Å². The summed E-state index contributed by atoms with van der Waals surface area (Å²) in [7, 11) is -1.38. The molecular weight excluding hydrogens is 511 g/mol. The Balaban J connectivity index is 2.00. The molecule has 7 nitrogen and oxygen atoms in total. The Hall–Kier alpha value is -2.94. The molecule has 0 fully saturated rings. The van der Waals surface area contributed by atoms with E-state index in [4.69, 9.17) is 32.7 Å². The third kappa shape index (κ3) is 6.20. The van der Waals surface area contributed by atoms with Crippen LogP contribution in [0.3, 0.4) is 0 Å². The van der Waals surface area contributed by atoms with E-state index in [0.717, 1.165) is 15.4 Å². The number of nitrogens with one attached hydrogen (secondary N) is 1. The molecule has 0 aliphatic rings. The minimum atomic E-state index is -4.23. The van der Waals surface area contributed by atoms with Crippen molar-refractivity contribution in [3.8, 4) is 11.5 Å². The van der Waals surface area contributed by atoms with Crippen LogP contribution in [-0.2, 0) is 14.8 Å². The molecule has 10 heteroatoms. The predicted octanol–water partition coefficient (Wildman–Crippen LogP) is 5.39. The third-order valence-electron chi connectivity index (χ3n) is 5.35. The maximum atomic E-state index is 13.8. The average molecular weight is 537 g/mol. The lowest BCUT2D eigenvalue weighted by molar-refractivity contribution is -0.120. The molecule has 0 spiro atoms. The van der Waals surface area contributed by atoms with Gasteiger partial charge in [0, 0.05) is 5.02 Å². The first-order valence-corrected chi connectivity index (χ1v) is 12.8. The van der Waals surface area contributed by atoms with Crippen LogP contribution < -0.4 is 19.1 Å². The van der Waals surface area contributed by atoms with Gasteiger partial charge in [-0.05, 0) is 67.4 Å². The fourth-order valence-electron chi connectivity index (χ4n) is 3.48. The molecule has 0 heterocycles. The summed E-state index contributed by atoms with van der Waals surface area (Å²) < 4.78 is 39.2. The number of carbonyl (C=O) groups excluding carboxylic acids is 1. The summed E-state index contributed by atoms with van der Waals surface area (Å²) in [4.78, 5) is 13.0. The number of halogens is 2. The maximum Gasteiger partial charge on any atom is 0.268 e. The van der Waals surface area contributed by atoms with Crippen molar-refractivity contribution >= 4 is 44.8 Å². The molecule has 0 aromatic heterocycles. The number of anilines is 1. The van der Waals surface area contributed by atoms with Gasteiger partial charge in [-0.1, -0.05) is 41.4 Å². The first kappa shape index (κ1) is 26.7. The van der Waals surface area contributed by atoms with Gasteiger partial charge < -0.3 is 14.8 Å². The van der Waals surface area contributed by atoms with Crippen molar-refractivity contribution in [2.75, 3.05) is 25.1 Å². The number of hydrogen-bond acceptors (Lipinski definition) is 5. The average Bonchev–Trinajstić information content (AvgIpc) is 2.82. The molecule has 1 unspecified atom stereocenters. The minimum Gasteiger partial charge on any atom is -0.495 e. The highest BCUT2D eigenvalue weighted by atomic mass is 35.5. The summed E-state index contributed by atoms with van der Waals surface area (Å²) in [5.41, 5.74) is 1.75. The Morgan fingerprint density at radius 2 is 1.60 bits per heavy atom. The monoisotopic (exact) mass is 536 g/mol. The lowest BCUT2D eigenvalue weighted by Gasteiger charge is -2.26. The molecule has 0 aliphatic heterocycles. The lowest BCUT2D eigenvalue weighted by Crippen LogP contribution is -2.41. The highest BCUT2D eigenvalue weighted by Crippen LogP contribution is 2.34. The van der Waals surface area contributed by atoms with Gasteiger partial charge in [0.05, 0.1) is 31.0 Å². The van der Waals surface area contributed by atoms with E-state index in [-0.39, 0.29) is 27.4 Å². The van der Waals surface area contributed by atoms with Gasteiger partial charge in [0.25, 0.3) is 10.0 Å². The maximum absolute atomic E-state index is 13.8. The van der Waals surface area contributed by atoms with Gasteiger partial charge in [-0.25, -0.2) is 8.42 Å². The second-order valence-corrected chi connectivity index (χ2v) is 10.5. The summed E-state index contributed by atoms with van der Waals surface area (Å²) in [6, 6.07) is 16.0. The van der Waals surface area contributed by atoms with E-state index in [1.54, 1.807) is 56.3 Å². The molecule has 1 N–H and O–H groups in total. The summed E-state index contributed by atoms with van der Waals surface area (Å²) in [5.74, 6) is 0.0337. The van der Waals surface area contributed by atoms with Gasteiger partial charge in [-0.3, -0.25) is 9.10 Å². The van der Waals surface area contributed by atoms with E-state index in [0.29, 0.717) is 10.8 Å². The third-order valence-corrected chi connectivity index (χ3v) is 7.69. The van der Waals surface area contributed by atoms with Crippen LogP contribution in [0, 0.1) is 6.92 Å². The zero-order valence-corrected chi connectivity index (χ0v) is 22.0. The molecule has 3 aromatic rings. The smallest absolute Gasteiger partial charge is 0.268 e. The van der Waals surface area contributed by atoms with E-state index in [1.165, 1.54) is 32.4 Å². The first-order chi connectivity index (χ1) is 16.6. The molecule has 0 aliphatic carbocycles. The van der Waals surface area contributed by atoms with Gasteiger partial charge >= 0.3 is 0 Å². The first-order valence-electron chi connectivity index (χ1n) is 10.6. The molecule has 0 radical (unpaired) electrons. The number of hydrogen-bond donors (Lipinski definition) is 1. The van der Waals surface area contributed by atoms with E-state index in [1.807, 2.05) is 0 Å². The van der Waals surface area contributed by atoms with Crippen LogP contribution in [0.25, 0.3) is 0 Å². The van der Waals surface area contributed by atoms with Crippen LogP contribution in [0.2, 0.25) is 10.0 Å². The second-order valence-electron chi connectivity index (χ2n) is 7.83. The number of sulfonamides is 1. The molecule has 3 aromatic carbocycles. The van der Waals surface area contributed by atoms with Crippen LogP contribution in [0.15, 0.2) is 65.6 Å². The van der Waals surface area contributed by atoms with Gasteiger partial charge in [0.2, 0.25) is 5.91 Å². The fraction of sp³-hybridized carbons (Fsp3) is 0.240. The Bertz CT molecular complexity index is 1310. The zero-order valence-electron chi connectivity index (χ0n) is 19.7. The van der Waals surface area contributed by atoms with E-state index in [9.17, 15) is 13.2 Å². The molecule has 3 rings (SSSR count). The van der Waals surface area contributed by atoms with E-state index >= 15 is 0 Å². The van der Waals surface area contributed by atoms with Crippen molar-refractivity contribution in [1.29, 1.82) is 0 Å². The van der Waals surface area contributed by atoms with Gasteiger partial charge in [-0.2, -0.15) is 0 Å². The molecule has 1 amide bonds. The van der Waals surface area contributed by atoms with Crippen LogP contribution in [-0.4, -0.2) is 35.1 Å². The Kier molecular flexibility index (Phi) is 8.53. The van der Waals surface area contributed by atoms with E-state index < -0.39 is 22.5 Å². The number of methoxy groups -OCH3 is 2.